The molecular formula is C17H14BrFN4O2. The molecule has 1 heterocycles. The fourth-order valence-corrected chi connectivity index (χ4v) is 2.84. The number of imidazole rings is 1. The van der Waals surface area contributed by atoms with Crippen molar-refractivity contribution in [2.45, 2.75) is 13.5 Å². The van der Waals surface area contributed by atoms with Gasteiger partial charge in [0.1, 0.15) is 17.3 Å². The molecule has 2 aromatic carbocycles. The molecule has 0 spiro atoms. The summed E-state index contributed by atoms with van der Waals surface area (Å²) in [7, 11) is 0. The SMILES string of the molecule is Cc1nccn1-c1ccc(CNc2ccc(Br)cc2[N+](=O)[O-])cc1F. The molecule has 0 bridgehead atoms. The van der Waals surface area contributed by atoms with Gasteiger partial charge in [0.25, 0.3) is 5.69 Å². The van der Waals surface area contributed by atoms with E-state index >= 15 is 0 Å². The first kappa shape index (κ1) is 17.1. The summed E-state index contributed by atoms with van der Waals surface area (Å²) in [6.07, 6.45) is 3.30. The van der Waals surface area contributed by atoms with Crippen LogP contribution < -0.4 is 5.32 Å². The molecule has 3 rings (SSSR count). The van der Waals surface area contributed by atoms with Crippen LogP contribution >= 0.6 is 15.9 Å². The van der Waals surface area contributed by atoms with Crippen LogP contribution in [0.15, 0.2) is 53.3 Å². The number of rotatable bonds is 5. The number of nitro benzene ring substituents is 1. The molecule has 1 aromatic heterocycles. The summed E-state index contributed by atoms with van der Waals surface area (Å²) in [5, 5.41) is 14.1. The highest BCUT2D eigenvalue weighted by molar-refractivity contribution is 9.10. The number of halogens is 2. The zero-order valence-electron chi connectivity index (χ0n) is 13.2. The number of nitro groups is 1. The highest BCUT2D eigenvalue weighted by atomic mass is 79.9. The molecule has 0 fully saturated rings. The van der Waals surface area contributed by atoms with Crippen molar-refractivity contribution in [1.29, 1.82) is 0 Å². The Bertz CT molecular complexity index is 942. The van der Waals surface area contributed by atoms with E-state index in [0.29, 0.717) is 27.2 Å². The van der Waals surface area contributed by atoms with Crippen LogP contribution in [0.2, 0.25) is 0 Å². The largest absolute Gasteiger partial charge is 0.375 e. The first-order chi connectivity index (χ1) is 12.0. The van der Waals surface area contributed by atoms with Gasteiger partial charge in [-0.05, 0) is 36.8 Å². The zero-order valence-corrected chi connectivity index (χ0v) is 14.8. The van der Waals surface area contributed by atoms with Gasteiger partial charge in [0.2, 0.25) is 0 Å². The van der Waals surface area contributed by atoms with E-state index in [0.717, 1.165) is 0 Å². The Morgan fingerprint density at radius 3 is 2.76 bits per heavy atom. The van der Waals surface area contributed by atoms with Crippen LogP contribution in [0.5, 0.6) is 0 Å². The first-order valence-corrected chi connectivity index (χ1v) is 8.21. The van der Waals surface area contributed by atoms with Crippen LogP contribution in [-0.2, 0) is 6.54 Å². The van der Waals surface area contributed by atoms with E-state index in [1.165, 1.54) is 12.1 Å². The predicted molar refractivity (Wildman–Crippen MR) is 96.4 cm³/mol. The lowest BCUT2D eigenvalue weighted by Gasteiger charge is -2.10. The summed E-state index contributed by atoms with van der Waals surface area (Å²) in [4.78, 5) is 14.7. The number of aryl methyl sites for hydroxylation is 1. The fourth-order valence-electron chi connectivity index (χ4n) is 2.49. The Labute approximate surface area is 151 Å². The number of anilines is 1. The van der Waals surface area contributed by atoms with Crippen LogP contribution in [-0.4, -0.2) is 14.5 Å². The van der Waals surface area contributed by atoms with E-state index in [9.17, 15) is 14.5 Å². The van der Waals surface area contributed by atoms with Crippen LogP contribution in [0.4, 0.5) is 15.8 Å². The summed E-state index contributed by atoms with van der Waals surface area (Å²) in [5.41, 5.74) is 1.42. The third-order valence-corrected chi connectivity index (χ3v) is 4.23. The third kappa shape index (κ3) is 3.69. The lowest BCUT2D eigenvalue weighted by molar-refractivity contribution is -0.384. The average Bonchev–Trinajstić information content (AvgIpc) is 2.99. The molecule has 0 radical (unpaired) electrons. The second kappa shape index (κ2) is 7.02. The van der Waals surface area contributed by atoms with E-state index in [1.807, 2.05) is 0 Å². The number of nitrogens with zero attached hydrogens (tertiary/aromatic N) is 3. The van der Waals surface area contributed by atoms with Crippen molar-refractivity contribution in [3.63, 3.8) is 0 Å². The van der Waals surface area contributed by atoms with Crippen LogP contribution in [0, 0.1) is 22.9 Å². The summed E-state index contributed by atoms with van der Waals surface area (Å²) >= 11 is 3.21. The van der Waals surface area contributed by atoms with E-state index in [2.05, 4.69) is 26.2 Å². The smallest absolute Gasteiger partial charge is 0.293 e. The van der Waals surface area contributed by atoms with Crippen LogP contribution in [0.3, 0.4) is 0 Å². The van der Waals surface area contributed by atoms with E-state index in [-0.39, 0.29) is 18.0 Å². The highest BCUT2D eigenvalue weighted by Crippen LogP contribution is 2.28. The maximum absolute atomic E-state index is 14.4. The minimum absolute atomic E-state index is 0.0412. The molecule has 0 saturated heterocycles. The molecule has 8 heteroatoms. The minimum atomic E-state index is -0.460. The standard InChI is InChI=1S/C17H14BrFN4O2/c1-11-20-6-7-22(11)16-5-2-12(8-14(16)19)10-21-15-4-3-13(18)9-17(15)23(24)25/h2-9,21H,10H2,1H3. The molecule has 6 nitrogen and oxygen atoms in total. The summed E-state index contributed by atoms with van der Waals surface area (Å²) in [6, 6.07) is 9.59. The van der Waals surface area contributed by atoms with Gasteiger partial charge in [0.15, 0.2) is 0 Å². The molecule has 3 aromatic rings. The lowest BCUT2D eigenvalue weighted by atomic mass is 10.1. The molecular weight excluding hydrogens is 391 g/mol. The van der Waals surface area contributed by atoms with E-state index in [1.54, 1.807) is 48.1 Å². The molecule has 0 unspecified atom stereocenters. The Morgan fingerprint density at radius 2 is 2.12 bits per heavy atom. The number of hydrogen-bond donors (Lipinski definition) is 1. The zero-order chi connectivity index (χ0) is 18.0. The number of aromatic nitrogens is 2. The molecule has 0 amide bonds. The molecule has 25 heavy (non-hydrogen) atoms. The van der Waals surface area contributed by atoms with E-state index < -0.39 is 4.92 Å². The van der Waals surface area contributed by atoms with Gasteiger partial charge in [-0.2, -0.15) is 0 Å². The molecule has 0 aliphatic heterocycles. The van der Waals surface area contributed by atoms with Gasteiger partial charge in [0, 0.05) is 29.5 Å². The average molecular weight is 405 g/mol. The Kier molecular flexibility index (Phi) is 4.80. The second-order valence-corrected chi connectivity index (χ2v) is 6.32. The molecule has 0 saturated carbocycles. The Balaban J connectivity index is 1.80. The minimum Gasteiger partial charge on any atom is -0.375 e. The highest BCUT2D eigenvalue weighted by Gasteiger charge is 2.14. The lowest BCUT2D eigenvalue weighted by Crippen LogP contribution is -2.05. The fraction of sp³-hybridized carbons (Fsp3) is 0.118. The van der Waals surface area contributed by atoms with Gasteiger partial charge >= 0.3 is 0 Å². The van der Waals surface area contributed by atoms with Crippen molar-refractivity contribution in [1.82, 2.24) is 9.55 Å². The molecule has 1 N–H and O–H groups in total. The predicted octanol–water partition coefficient (Wildman–Crippen LogP) is 4.60. The van der Waals surface area contributed by atoms with E-state index in [4.69, 9.17) is 0 Å². The van der Waals surface area contributed by atoms with Crippen molar-refractivity contribution in [3.05, 3.63) is 80.6 Å². The molecule has 0 aliphatic rings. The van der Waals surface area contributed by atoms with Crippen LogP contribution in [0.25, 0.3) is 5.69 Å². The van der Waals surface area contributed by atoms with Gasteiger partial charge in [-0.15, -0.1) is 0 Å². The van der Waals surface area contributed by atoms with Crippen molar-refractivity contribution < 1.29 is 9.31 Å². The monoisotopic (exact) mass is 404 g/mol. The van der Waals surface area contributed by atoms with Gasteiger partial charge in [-0.3, -0.25) is 10.1 Å². The third-order valence-electron chi connectivity index (χ3n) is 3.74. The second-order valence-electron chi connectivity index (χ2n) is 5.40. The van der Waals surface area contributed by atoms with Crippen molar-refractivity contribution in [3.8, 4) is 5.69 Å². The van der Waals surface area contributed by atoms with Crippen molar-refractivity contribution >= 4 is 27.3 Å². The maximum Gasteiger partial charge on any atom is 0.293 e. The molecule has 0 atom stereocenters. The van der Waals surface area contributed by atoms with Gasteiger partial charge in [0.05, 0.1) is 10.6 Å². The molecule has 128 valence electrons. The topological polar surface area (TPSA) is 73.0 Å². The summed E-state index contributed by atoms with van der Waals surface area (Å²) in [5.74, 6) is 0.306. The van der Waals surface area contributed by atoms with Gasteiger partial charge in [-0.25, -0.2) is 9.37 Å². The van der Waals surface area contributed by atoms with Gasteiger partial charge in [-0.1, -0.05) is 22.0 Å². The number of nitrogens with one attached hydrogen (secondary N) is 1. The van der Waals surface area contributed by atoms with Gasteiger partial charge < -0.3 is 9.88 Å². The maximum atomic E-state index is 14.4. The Morgan fingerprint density at radius 1 is 1.32 bits per heavy atom. The Hall–Kier alpha value is -2.74. The quantitative estimate of drug-likeness (QED) is 0.497. The normalized spacial score (nSPS) is 10.7. The van der Waals surface area contributed by atoms with Crippen molar-refractivity contribution in [2.24, 2.45) is 0 Å². The summed E-state index contributed by atoms with van der Waals surface area (Å²) in [6.45, 7) is 2.06. The molecule has 0 aliphatic carbocycles. The van der Waals surface area contributed by atoms with Crippen LogP contribution in [0.1, 0.15) is 11.4 Å². The van der Waals surface area contributed by atoms with Crippen molar-refractivity contribution in [2.75, 3.05) is 5.32 Å². The first-order valence-electron chi connectivity index (χ1n) is 7.42. The number of hydrogen-bond acceptors (Lipinski definition) is 4. The number of benzene rings is 2. The summed E-state index contributed by atoms with van der Waals surface area (Å²) < 4.78 is 16.7.